The molecule has 0 fully saturated rings. The van der Waals surface area contributed by atoms with Crippen LogP contribution in [-0.2, 0) is 12.8 Å². The molecular weight excluding hydrogens is 366 g/mol. The highest BCUT2D eigenvalue weighted by molar-refractivity contribution is 7.18. The largest absolute Gasteiger partial charge is 0.261 e. The van der Waals surface area contributed by atoms with Crippen molar-refractivity contribution in [3.63, 3.8) is 0 Å². The van der Waals surface area contributed by atoms with Gasteiger partial charge in [0, 0.05) is 28.9 Å². The molecule has 0 saturated heterocycles. The molecule has 0 atom stereocenters. The summed E-state index contributed by atoms with van der Waals surface area (Å²) in [6.45, 7) is 2.10. The van der Waals surface area contributed by atoms with Gasteiger partial charge in [0.2, 0.25) is 0 Å². The molecule has 0 amide bonds. The summed E-state index contributed by atoms with van der Waals surface area (Å²) in [6.07, 6.45) is 4.95. The molecule has 3 aromatic heterocycles. The van der Waals surface area contributed by atoms with Crippen molar-refractivity contribution in [2.24, 2.45) is 0 Å². The third kappa shape index (κ3) is 3.52. The number of aromatic nitrogens is 5. The van der Waals surface area contributed by atoms with E-state index in [0.717, 1.165) is 49.7 Å². The molecule has 0 spiro atoms. The number of aryl methyl sites for hydroxylation is 1. The summed E-state index contributed by atoms with van der Waals surface area (Å²) in [5.41, 5.74) is 4.25. The molecule has 7 heteroatoms. The highest BCUT2D eigenvalue weighted by Crippen LogP contribution is 2.35. The lowest BCUT2D eigenvalue weighted by molar-refractivity contribution is 1.03. The van der Waals surface area contributed by atoms with Gasteiger partial charge < -0.3 is 0 Å². The summed E-state index contributed by atoms with van der Waals surface area (Å²) in [5.74, 6) is 0.738. The van der Waals surface area contributed by atoms with Gasteiger partial charge in [0.15, 0.2) is 5.82 Å². The fourth-order valence-corrected chi connectivity index (χ4v) is 3.85. The Labute approximate surface area is 160 Å². The van der Waals surface area contributed by atoms with E-state index in [-0.39, 0.29) is 0 Å². The number of rotatable bonds is 5. The van der Waals surface area contributed by atoms with E-state index in [0.29, 0.717) is 6.42 Å². The Morgan fingerprint density at radius 3 is 2.69 bits per heavy atom. The van der Waals surface area contributed by atoms with Gasteiger partial charge >= 0.3 is 0 Å². The lowest BCUT2D eigenvalue weighted by atomic mass is 10.1. The first-order valence-electron chi connectivity index (χ1n) is 8.28. The van der Waals surface area contributed by atoms with Gasteiger partial charge in [-0.25, -0.2) is 9.97 Å². The van der Waals surface area contributed by atoms with Crippen LogP contribution in [0.2, 0.25) is 5.02 Å². The Balaban J connectivity index is 1.76. The lowest BCUT2D eigenvalue weighted by Crippen LogP contribution is -1.92. The average Bonchev–Trinajstić information content (AvgIpc) is 3.33. The fraction of sp³-hybridized carbons (Fsp3) is 0.158. The molecule has 0 bridgehead atoms. The normalized spacial score (nSPS) is 11.0. The van der Waals surface area contributed by atoms with Crippen molar-refractivity contribution in [2.45, 2.75) is 19.8 Å². The van der Waals surface area contributed by atoms with Crippen LogP contribution in [0.15, 0.2) is 48.9 Å². The first kappa shape index (κ1) is 16.9. The van der Waals surface area contributed by atoms with Gasteiger partial charge in [-0.1, -0.05) is 30.7 Å². The van der Waals surface area contributed by atoms with Gasteiger partial charge in [-0.05, 0) is 36.2 Å². The molecule has 0 unspecified atom stereocenters. The van der Waals surface area contributed by atoms with Crippen molar-refractivity contribution in [1.82, 2.24) is 25.1 Å². The number of thiazole rings is 1. The highest BCUT2D eigenvalue weighted by Gasteiger charge is 2.17. The molecule has 0 saturated carbocycles. The lowest BCUT2D eigenvalue weighted by Gasteiger charge is -2.01. The molecule has 1 aromatic carbocycles. The number of nitrogens with one attached hydrogen (secondary N) is 1. The first-order chi connectivity index (χ1) is 12.7. The van der Waals surface area contributed by atoms with Crippen LogP contribution in [0.1, 0.15) is 23.9 Å². The summed E-state index contributed by atoms with van der Waals surface area (Å²) in [4.78, 5) is 14.6. The van der Waals surface area contributed by atoms with E-state index < -0.39 is 0 Å². The van der Waals surface area contributed by atoms with Crippen LogP contribution >= 0.6 is 22.9 Å². The van der Waals surface area contributed by atoms with Crippen molar-refractivity contribution in [3.05, 3.63) is 70.9 Å². The number of H-pyrrole nitrogens is 1. The summed E-state index contributed by atoms with van der Waals surface area (Å²) >= 11 is 7.61. The van der Waals surface area contributed by atoms with Crippen LogP contribution in [-0.4, -0.2) is 25.1 Å². The zero-order chi connectivity index (χ0) is 17.9. The minimum Gasteiger partial charge on any atom is -0.261 e. The summed E-state index contributed by atoms with van der Waals surface area (Å²) < 4.78 is 0. The topological polar surface area (TPSA) is 67.3 Å². The molecule has 0 aliphatic rings. The molecule has 0 aliphatic heterocycles. The molecule has 4 rings (SSSR count). The average molecular weight is 382 g/mol. The minimum atomic E-state index is 0.704. The Bertz CT molecular complexity index is 1010. The predicted octanol–water partition coefficient (Wildman–Crippen LogP) is 4.80. The van der Waals surface area contributed by atoms with E-state index in [1.165, 1.54) is 6.33 Å². The second-order valence-electron chi connectivity index (χ2n) is 5.82. The Kier molecular flexibility index (Phi) is 4.77. The zero-order valence-corrected chi connectivity index (χ0v) is 15.7. The van der Waals surface area contributed by atoms with E-state index in [1.807, 2.05) is 36.5 Å². The van der Waals surface area contributed by atoms with Crippen LogP contribution < -0.4 is 0 Å². The minimum absolute atomic E-state index is 0.704. The fourth-order valence-electron chi connectivity index (χ4n) is 2.70. The van der Waals surface area contributed by atoms with Gasteiger partial charge in [0.25, 0.3) is 0 Å². The molecule has 5 nitrogen and oxygen atoms in total. The molecule has 26 heavy (non-hydrogen) atoms. The van der Waals surface area contributed by atoms with Crippen LogP contribution in [0.5, 0.6) is 0 Å². The predicted molar refractivity (Wildman–Crippen MR) is 104 cm³/mol. The van der Waals surface area contributed by atoms with Crippen molar-refractivity contribution in [2.75, 3.05) is 0 Å². The van der Waals surface area contributed by atoms with Gasteiger partial charge in [-0.2, -0.15) is 5.10 Å². The maximum absolute atomic E-state index is 6.00. The van der Waals surface area contributed by atoms with E-state index in [1.54, 1.807) is 11.3 Å². The third-order valence-corrected chi connectivity index (χ3v) is 5.44. The summed E-state index contributed by atoms with van der Waals surface area (Å²) in [6, 6.07) is 11.9. The molecule has 0 aliphatic carbocycles. The number of hydrogen-bond acceptors (Lipinski definition) is 5. The molecule has 3 heterocycles. The standard InChI is InChI=1S/C19H16ClN5S/c1-2-15-10-13(7-8-21-15)19-24-16(9-12-3-5-14(20)6-4-12)17(26-19)18-22-11-23-25-18/h3-8,10-11H,2,9H2,1H3,(H,22,23,25). The highest BCUT2D eigenvalue weighted by atomic mass is 35.5. The monoisotopic (exact) mass is 381 g/mol. The van der Waals surface area contributed by atoms with Gasteiger partial charge in [0.1, 0.15) is 11.3 Å². The number of hydrogen-bond donors (Lipinski definition) is 1. The molecule has 130 valence electrons. The number of nitrogens with zero attached hydrogens (tertiary/aromatic N) is 4. The van der Waals surface area contributed by atoms with E-state index >= 15 is 0 Å². The quantitative estimate of drug-likeness (QED) is 0.539. The Morgan fingerprint density at radius 1 is 1.12 bits per heavy atom. The van der Waals surface area contributed by atoms with Gasteiger partial charge in [-0.15, -0.1) is 11.3 Å². The number of halogens is 1. The number of pyridine rings is 1. The van der Waals surface area contributed by atoms with Crippen LogP contribution in [0.4, 0.5) is 0 Å². The second kappa shape index (κ2) is 7.35. The van der Waals surface area contributed by atoms with E-state index in [2.05, 4.69) is 33.2 Å². The van der Waals surface area contributed by atoms with Crippen LogP contribution in [0, 0.1) is 0 Å². The van der Waals surface area contributed by atoms with Crippen molar-refractivity contribution in [1.29, 1.82) is 0 Å². The second-order valence-corrected chi connectivity index (χ2v) is 7.26. The third-order valence-electron chi connectivity index (χ3n) is 4.04. The van der Waals surface area contributed by atoms with Crippen molar-refractivity contribution < 1.29 is 0 Å². The van der Waals surface area contributed by atoms with Gasteiger partial charge in [0.05, 0.1) is 10.6 Å². The number of benzene rings is 1. The maximum Gasteiger partial charge on any atom is 0.167 e. The van der Waals surface area contributed by atoms with Crippen LogP contribution in [0.25, 0.3) is 21.3 Å². The van der Waals surface area contributed by atoms with E-state index in [4.69, 9.17) is 16.6 Å². The SMILES string of the molecule is CCc1cc(-c2nc(Cc3ccc(Cl)cc3)c(-c3ncn[nH]3)s2)ccn1. The van der Waals surface area contributed by atoms with Crippen molar-refractivity contribution in [3.8, 4) is 21.3 Å². The summed E-state index contributed by atoms with van der Waals surface area (Å²) in [7, 11) is 0. The van der Waals surface area contributed by atoms with Crippen LogP contribution in [0.3, 0.4) is 0 Å². The van der Waals surface area contributed by atoms with E-state index in [9.17, 15) is 0 Å². The van der Waals surface area contributed by atoms with Gasteiger partial charge in [-0.3, -0.25) is 10.1 Å². The van der Waals surface area contributed by atoms with Crippen molar-refractivity contribution >= 4 is 22.9 Å². The molecular formula is C19H16ClN5S. The smallest absolute Gasteiger partial charge is 0.167 e. The molecule has 1 N–H and O–H groups in total. The zero-order valence-electron chi connectivity index (χ0n) is 14.1. The Morgan fingerprint density at radius 2 is 1.96 bits per heavy atom. The number of aromatic amines is 1. The maximum atomic E-state index is 6.00. The molecule has 4 aromatic rings. The molecule has 0 radical (unpaired) electrons. The summed E-state index contributed by atoms with van der Waals surface area (Å²) in [5, 5.41) is 8.62. The Hall–Kier alpha value is -2.57. The first-order valence-corrected chi connectivity index (χ1v) is 9.47.